The first-order valence-electron chi connectivity index (χ1n) is 6.88. The van der Waals surface area contributed by atoms with E-state index in [1.165, 1.54) is 25.3 Å². The standard InChI is InChI=1S/C15H20FNO/c1-10(18)15-13(16)6-3-7-14(15)17-8-11-4-2-5-12(11)9-17/h3,6-7,10-12,18H,2,4-5,8-9H2,1H3. The van der Waals surface area contributed by atoms with Crippen molar-refractivity contribution in [2.75, 3.05) is 18.0 Å². The SMILES string of the molecule is CC(O)c1c(F)cccc1N1CC2CCCC2C1. The van der Waals surface area contributed by atoms with Gasteiger partial charge in [0.15, 0.2) is 0 Å². The Morgan fingerprint density at radius 3 is 2.56 bits per heavy atom. The van der Waals surface area contributed by atoms with Crippen molar-refractivity contribution in [1.29, 1.82) is 0 Å². The summed E-state index contributed by atoms with van der Waals surface area (Å²) >= 11 is 0. The smallest absolute Gasteiger partial charge is 0.131 e. The predicted octanol–water partition coefficient (Wildman–Crippen LogP) is 3.12. The summed E-state index contributed by atoms with van der Waals surface area (Å²) in [6.07, 6.45) is 3.21. The number of hydrogen-bond acceptors (Lipinski definition) is 2. The van der Waals surface area contributed by atoms with Crippen molar-refractivity contribution < 1.29 is 9.50 Å². The van der Waals surface area contributed by atoms with Crippen LogP contribution in [0.3, 0.4) is 0 Å². The van der Waals surface area contributed by atoms with E-state index in [4.69, 9.17) is 0 Å². The molecule has 2 fully saturated rings. The van der Waals surface area contributed by atoms with Crippen molar-refractivity contribution in [2.24, 2.45) is 11.8 Å². The first-order valence-corrected chi connectivity index (χ1v) is 6.88. The molecule has 2 nitrogen and oxygen atoms in total. The van der Waals surface area contributed by atoms with Gasteiger partial charge in [0, 0.05) is 24.3 Å². The van der Waals surface area contributed by atoms with Crippen LogP contribution in [-0.4, -0.2) is 18.2 Å². The number of nitrogens with zero attached hydrogens (tertiary/aromatic N) is 1. The minimum absolute atomic E-state index is 0.292. The Bertz CT molecular complexity index is 434. The second-order valence-corrected chi connectivity index (χ2v) is 5.70. The van der Waals surface area contributed by atoms with E-state index >= 15 is 0 Å². The van der Waals surface area contributed by atoms with Gasteiger partial charge in [-0.1, -0.05) is 12.5 Å². The van der Waals surface area contributed by atoms with Crippen molar-refractivity contribution in [3.63, 3.8) is 0 Å². The molecule has 3 unspecified atom stereocenters. The molecular weight excluding hydrogens is 229 g/mol. The normalized spacial score (nSPS) is 28.5. The molecule has 1 heterocycles. The third-order valence-corrected chi connectivity index (χ3v) is 4.51. The summed E-state index contributed by atoms with van der Waals surface area (Å²) in [5.41, 5.74) is 1.34. The third kappa shape index (κ3) is 1.91. The van der Waals surface area contributed by atoms with E-state index in [2.05, 4.69) is 4.90 Å². The summed E-state index contributed by atoms with van der Waals surface area (Å²) in [6.45, 7) is 3.68. The van der Waals surface area contributed by atoms with Crippen LogP contribution in [0.15, 0.2) is 18.2 Å². The van der Waals surface area contributed by atoms with Crippen LogP contribution < -0.4 is 4.90 Å². The molecule has 1 aliphatic heterocycles. The summed E-state index contributed by atoms with van der Waals surface area (Å²) in [6, 6.07) is 5.11. The lowest BCUT2D eigenvalue weighted by Gasteiger charge is -2.24. The van der Waals surface area contributed by atoms with Gasteiger partial charge in [0.25, 0.3) is 0 Å². The molecule has 0 amide bonds. The Morgan fingerprint density at radius 2 is 1.94 bits per heavy atom. The second-order valence-electron chi connectivity index (χ2n) is 5.70. The Kier molecular flexibility index (Phi) is 3.02. The van der Waals surface area contributed by atoms with E-state index < -0.39 is 6.10 Å². The van der Waals surface area contributed by atoms with Crippen LogP contribution in [0.1, 0.15) is 37.9 Å². The van der Waals surface area contributed by atoms with Gasteiger partial charge in [-0.25, -0.2) is 4.39 Å². The minimum Gasteiger partial charge on any atom is -0.389 e. The highest BCUT2D eigenvalue weighted by Crippen LogP contribution is 2.41. The molecule has 2 aliphatic rings. The highest BCUT2D eigenvalue weighted by molar-refractivity contribution is 5.56. The van der Waals surface area contributed by atoms with Gasteiger partial charge in [0.05, 0.1) is 6.10 Å². The van der Waals surface area contributed by atoms with Crippen LogP contribution in [0.5, 0.6) is 0 Å². The average Bonchev–Trinajstić information content (AvgIpc) is 2.87. The quantitative estimate of drug-likeness (QED) is 0.870. The van der Waals surface area contributed by atoms with Crippen LogP contribution in [0, 0.1) is 17.7 Å². The largest absolute Gasteiger partial charge is 0.389 e. The lowest BCUT2D eigenvalue weighted by atomic mass is 10.0. The molecule has 3 rings (SSSR count). The van der Waals surface area contributed by atoms with Crippen molar-refractivity contribution in [1.82, 2.24) is 0 Å². The molecule has 0 bridgehead atoms. The van der Waals surface area contributed by atoms with E-state index in [1.54, 1.807) is 13.0 Å². The maximum Gasteiger partial charge on any atom is 0.131 e. The topological polar surface area (TPSA) is 23.5 Å². The van der Waals surface area contributed by atoms with E-state index in [1.807, 2.05) is 6.07 Å². The first-order chi connectivity index (χ1) is 8.66. The molecule has 1 saturated carbocycles. The van der Waals surface area contributed by atoms with Gasteiger partial charge in [-0.2, -0.15) is 0 Å². The molecule has 18 heavy (non-hydrogen) atoms. The van der Waals surface area contributed by atoms with Crippen LogP contribution >= 0.6 is 0 Å². The van der Waals surface area contributed by atoms with Gasteiger partial charge in [-0.15, -0.1) is 0 Å². The van der Waals surface area contributed by atoms with Crippen molar-refractivity contribution in [3.8, 4) is 0 Å². The van der Waals surface area contributed by atoms with Crippen LogP contribution in [0.2, 0.25) is 0 Å². The molecular formula is C15H20FNO. The molecule has 0 spiro atoms. The Morgan fingerprint density at radius 1 is 1.28 bits per heavy atom. The van der Waals surface area contributed by atoms with Crippen LogP contribution in [-0.2, 0) is 0 Å². The highest BCUT2D eigenvalue weighted by Gasteiger charge is 2.37. The number of aliphatic hydroxyl groups is 1. The molecule has 1 aromatic carbocycles. The van der Waals surface area contributed by atoms with E-state index in [-0.39, 0.29) is 5.82 Å². The van der Waals surface area contributed by atoms with Gasteiger partial charge >= 0.3 is 0 Å². The summed E-state index contributed by atoms with van der Waals surface area (Å²) < 4.78 is 13.9. The predicted molar refractivity (Wildman–Crippen MR) is 70.1 cm³/mol. The number of rotatable bonds is 2. The molecule has 1 aromatic rings. The number of benzene rings is 1. The van der Waals surface area contributed by atoms with Crippen molar-refractivity contribution in [3.05, 3.63) is 29.6 Å². The third-order valence-electron chi connectivity index (χ3n) is 4.51. The monoisotopic (exact) mass is 249 g/mol. The number of halogens is 1. The van der Waals surface area contributed by atoms with Crippen LogP contribution in [0.25, 0.3) is 0 Å². The van der Waals surface area contributed by atoms with E-state index in [9.17, 15) is 9.50 Å². The van der Waals surface area contributed by atoms with Gasteiger partial charge in [0.1, 0.15) is 5.82 Å². The molecule has 3 atom stereocenters. The lowest BCUT2D eigenvalue weighted by molar-refractivity contribution is 0.194. The molecule has 1 aliphatic carbocycles. The number of anilines is 1. The fourth-order valence-corrected chi connectivity index (χ4v) is 3.65. The zero-order valence-electron chi connectivity index (χ0n) is 10.8. The van der Waals surface area contributed by atoms with Gasteiger partial charge in [-0.05, 0) is 43.7 Å². The second kappa shape index (κ2) is 4.54. The van der Waals surface area contributed by atoms with Gasteiger partial charge in [-0.3, -0.25) is 0 Å². The van der Waals surface area contributed by atoms with Gasteiger partial charge < -0.3 is 10.0 Å². The molecule has 3 heteroatoms. The zero-order valence-corrected chi connectivity index (χ0v) is 10.8. The molecule has 0 radical (unpaired) electrons. The zero-order chi connectivity index (χ0) is 12.7. The summed E-state index contributed by atoms with van der Waals surface area (Å²) in [4.78, 5) is 2.26. The number of fused-ring (bicyclic) bond motifs is 1. The Hall–Kier alpha value is -1.09. The fourth-order valence-electron chi connectivity index (χ4n) is 3.65. The average molecular weight is 249 g/mol. The van der Waals surface area contributed by atoms with Crippen LogP contribution in [0.4, 0.5) is 10.1 Å². The van der Waals surface area contributed by atoms with Gasteiger partial charge in [0.2, 0.25) is 0 Å². The van der Waals surface area contributed by atoms with Crippen molar-refractivity contribution >= 4 is 5.69 Å². The minimum atomic E-state index is -0.748. The highest BCUT2D eigenvalue weighted by atomic mass is 19.1. The molecule has 0 aromatic heterocycles. The summed E-state index contributed by atoms with van der Waals surface area (Å²) in [7, 11) is 0. The number of hydrogen-bond donors (Lipinski definition) is 1. The summed E-state index contributed by atoms with van der Waals surface area (Å²) in [5, 5.41) is 9.78. The Balaban J connectivity index is 1.91. The molecule has 98 valence electrons. The fraction of sp³-hybridized carbons (Fsp3) is 0.600. The van der Waals surface area contributed by atoms with E-state index in [0.717, 1.165) is 30.6 Å². The lowest BCUT2D eigenvalue weighted by Crippen LogP contribution is -2.23. The van der Waals surface area contributed by atoms with Crippen molar-refractivity contribution in [2.45, 2.75) is 32.3 Å². The number of aliphatic hydroxyl groups excluding tert-OH is 1. The maximum absolute atomic E-state index is 13.9. The molecule has 1 saturated heterocycles. The first kappa shape index (κ1) is 12.0. The Labute approximate surface area is 107 Å². The van der Waals surface area contributed by atoms with E-state index in [0.29, 0.717) is 5.56 Å². The molecule has 1 N–H and O–H groups in total. The maximum atomic E-state index is 13.9. The summed E-state index contributed by atoms with van der Waals surface area (Å²) in [5.74, 6) is 1.25.